The lowest BCUT2D eigenvalue weighted by Gasteiger charge is -2.30. The van der Waals surface area contributed by atoms with Gasteiger partial charge in [0.1, 0.15) is 11.5 Å². The molecule has 0 saturated heterocycles. The second kappa shape index (κ2) is 11.2. The highest BCUT2D eigenvalue weighted by Crippen LogP contribution is 2.45. The summed E-state index contributed by atoms with van der Waals surface area (Å²) >= 11 is 6.22. The molecule has 1 aliphatic carbocycles. The summed E-state index contributed by atoms with van der Waals surface area (Å²) in [4.78, 5) is 13.8. The molecule has 0 aromatic heterocycles. The largest absolute Gasteiger partial charge is 0.494 e. The molecule has 3 aromatic carbocycles. The molecule has 2 aliphatic rings. The second-order valence-corrected chi connectivity index (χ2v) is 9.70. The Kier molecular flexibility index (Phi) is 7.61. The number of benzene rings is 3. The molecule has 2 atom stereocenters. The van der Waals surface area contributed by atoms with Crippen molar-refractivity contribution >= 4 is 29.3 Å². The van der Waals surface area contributed by atoms with E-state index in [-0.39, 0.29) is 17.9 Å². The van der Waals surface area contributed by atoms with Gasteiger partial charge in [-0.1, -0.05) is 41.9 Å². The van der Waals surface area contributed by atoms with Gasteiger partial charge in [0.05, 0.1) is 25.0 Å². The van der Waals surface area contributed by atoms with Crippen LogP contribution < -0.4 is 9.47 Å². The molecule has 5 nitrogen and oxygen atoms in total. The number of hydrogen-bond donors (Lipinski definition) is 0. The third-order valence-electron chi connectivity index (χ3n) is 6.85. The Morgan fingerprint density at radius 2 is 1.68 bits per heavy atom. The molecule has 190 valence electrons. The quantitative estimate of drug-likeness (QED) is 0.326. The smallest absolute Gasteiger partial charge is 0.274 e. The lowest BCUT2D eigenvalue weighted by Crippen LogP contribution is -2.31. The maximum atomic E-state index is 13.8. The van der Waals surface area contributed by atoms with Crippen LogP contribution in [0.2, 0.25) is 5.02 Å². The first-order valence-corrected chi connectivity index (χ1v) is 13.3. The minimum absolute atomic E-state index is 0.115. The monoisotopic (exact) mass is 514 g/mol. The molecule has 0 bridgehead atoms. The first-order chi connectivity index (χ1) is 18.1. The molecular formula is C31H31ClN2O3. The van der Waals surface area contributed by atoms with E-state index < -0.39 is 0 Å². The number of halogens is 1. The Morgan fingerprint density at radius 3 is 2.32 bits per heavy atom. The Bertz CT molecular complexity index is 1320. The number of ether oxygens (including phenoxy) is 2. The number of fused-ring (bicyclic) bond motifs is 1. The minimum atomic E-state index is -0.193. The number of hydrogen-bond acceptors (Lipinski definition) is 4. The number of nitrogens with zero attached hydrogens (tertiary/aromatic N) is 2. The molecule has 1 aliphatic heterocycles. The maximum absolute atomic E-state index is 13.8. The number of allylic oxidation sites excluding steroid dienone is 1. The van der Waals surface area contributed by atoms with Crippen LogP contribution in [0.1, 0.15) is 60.6 Å². The molecule has 0 radical (unpaired) electrons. The molecule has 1 saturated carbocycles. The van der Waals surface area contributed by atoms with E-state index in [4.69, 9.17) is 26.2 Å². The van der Waals surface area contributed by atoms with Crippen molar-refractivity contribution in [3.63, 3.8) is 0 Å². The van der Waals surface area contributed by atoms with Gasteiger partial charge in [0.25, 0.3) is 5.91 Å². The first-order valence-electron chi connectivity index (χ1n) is 12.9. The van der Waals surface area contributed by atoms with Gasteiger partial charge in [0, 0.05) is 16.5 Å². The zero-order chi connectivity index (χ0) is 25.8. The summed E-state index contributed by atoms with van der Waals surface area (Å²) < 4.78 is 11.2. The van der Waals surface area contributed by atoms with Crippen molar-refractivity contribution in [1.82, 2.24) is 5.01 Å². The van der Waals surface area contributed by atoms with Crippen LogP contribution in [0, 0.1) is 5.92 Å². The van der Waals surface area contributed by atoms with Crippen LogP contribution in [0.15, 0.2) is 83.5 Å². The maximum Gasteiger partial charge on any atom is 0.274 e. The Labute approximate surface area is 223 Å². The topological polar surface area (TPSA) is 51.1 Å². The number of hydrazone groups is 1. The van der Waals surface area contributed by atoms with Crippen molar-refractivity contribution in [3.8, 4) is 11.5 Å². The summed E-state index contributed by atoms with van der Waals surface area (Å²) in [5, 5.41) is 7.19. The van der Waals surface area contributed by atoms with Crippen LogP contribution in [-0.2, 0) is 0 Å². The molecule has 5 rings (SSSR count). The lowest BCUT2D eigenvalue weighted by atomic mass is 9.77. The zero-order valence-corrected chi connectivity index (χ0v) is 21.9. The Hall–Kier alpha value is -3.57. The highest BCUT2D eigenvalue weighted by Gasteiger charge is 2.44. The van der Waals surface area contributed by atoms with Crippen LogP contribution in [0.4, 0.5) is 0 Å². The Balaban J connectivity index is 1.52. The van der Waals surface area contributed by atoms with Gasteiger partial charge in [-0.3, -0.25) is 4.79 Å². The fraction of sp³-hybridized carbons (Fsp3) is 0.290. The third-order valence-corrected chi connectivity index (χ3v) is 7.08. The van der Waals surface area contributed by atoms with Crippen LogP contribution in [0.5, 0.6) is 11.5 Å². The number of amides is 1. The fourth-order valence-corrected chi connectivity index (χ4v) is 5.40. The van der Waals surface area contributed by atoms with E-state index in [9.17, 15) is 4.79 Å². The van der Waals surface area contributed by atoms with E-state index in [2.05, 4.69) is 30.3 Å². The number of rotatable bonds is 7. The van der Waals surface area contributed by atoms with Gasteiger partial charge < -0.3 is 9.47 Å². The fourth-order valence-electron chi connectivity index (χ4n) is 5.21. The minimum Gasteiger partial charge on any atom is -0.494 e. The van der Waals surface area contributed by atoms with Gasteiger partial charge in [0.15, 0.2) is 0 Å². The summed E-state index contributed by atoms with van der Waals surface area (Å²) in [7, 11) is 0. The molecule has 1 fully saturated rings. The van der Waals surface area contributed by atoms with E-state index >= 15 is 0 Å². The summed E-state index contributed by atoms with van der Waals surface area (Å²) in [6.07, 6.45) is 5.14. The summed E-state index contributed by atoms with van der Waals surface area (Å²) in [5.41, 5.74) is 4.85. The molecule has 0 spiro atoms. The predicted octanol–water partition coefficient (Wildman–Crippen LogP) is 7.57. The van der Waals surface area contributed by atoms with Crippen molar-refractivity contribution < 1.29 is 14.3 Å². The molecule has 0 N–H and O–H groups in total. The molecule has 3 aromatic rings. The van der Waals surface area contributed by atoms with Crippen molar-refractivity contribution in [1.29, 1.82) is 0 Å². The van der Waals surface area contributed by atoms with Gasteiger partial charge in [-0.15, -0.1) is 0 Å². The van der Waals surface area contributed by atoms with Gasteiger partial charge in [-0.2, -0.15) is 5.10 Å². The van der Waals surface area contributed by atoms with Crippen molar-refractivity contribution in [3.05, 3.63) is 100 Å². The highest BCUT2D eigenvalue weighted by atomic mass is 35.5. The molecule has 1 amide bonds. The highest BCUT2D eigenvalue weighted by molar-refractivity contribution is 6.31. The van der Waals surface area contributed by atoms with E-state index in [1.54, 1.807) is 29.3 Å². The standard InChI is InChI=1S/C31H31ClN2O3/c1-3-36-26-15-11-21(12-16-26)19-23-7-6-10-28-29(23)33-34(31(35)24-8-5-9-25(32)20-24)30(28)22-13-17-27(18-14-22)37-4-2/h5,8-9,11-20,28,30H,3-4,6-7,10H2,1-2H3/b23-19+/t28-,30+/m1/s1. The molecular weight excluding hydrogens is 484 g/mol. The summed E-state index contributed by atoms with van der Waals surface area (Å²) in [6, 6.07) is 23.0. The first kappa shape index (κ1) is 25.1. The number of carbonyl (C=O) groups is 1. The zero-order valence-electron chi connectivity index (χ0n) is 21.2. The summed E-state index contributed by atoms with van der Waals surface area (Å²) in [5.74, 6) is 1.64. The lowest BCUT2D eigenvalue weighted by molar-refractivity contribution is 0.0681. The van der Waals surface area contributed by atoms with Crippen molar-refractivity contribution in [2.45, 2.75) is 39.2 Å². The van der Waals surface area contributed by atoms with Crippen LogP contribution in [-0.4, -0.2) is 29.8 Å². The van der Waals surface area contributed by atoms with Crippen molar-refractivity contribution in [2.24, 2.45) is 11.0 Å². The Morgan fingerprint density at radius 1 is 1.00 bits per heavy atom. The van der Waals surface area contributed by atoms with E-state index in [0.29, 0.717) is 23.8 Å². The van der Waals surface area contributed by atoms with E-state index in [1.807, 2.05) is 38.1 Å². The average Bonchev–Trinajstić information content (AvgIpc) is 3.31. The average molecular weight is 515 g/mol. The molecule has 37 heavy (non-hydrogen) atoms. The molecule has 1 heterocycles. The van der Waals surface area contributed by atoms with Crippen LogP contribution in [0.25, 0.3) is 6.08 Å². The van der Waals surface area contributed by atoms with Gasteiger partial charge in [-0.05, 0) is 98.4 Å². The number of carbonyl (C=O) groups excluding carboxylic acids is 1. The second-order valence-electron chi connectivity index (χ2n) is 9.26. The summed E-state index contributed by atoms with van der Waals surface area (Å²) in [6.45, 7) is 5.20. The SMILES string of the molecule is CCOc1ccc(/C=C2\CCC[C@@H]3C2=NN(C(=O)c2cccc(Cl)c2)[C@H]3c2ccc(OCC)cc2)cc1. The van der Waals surface area contributed by atoms with E-state index in [0.717, 1.165) is 47.6 Å². The van der Waals surface area contributed by atoms with Crippen LogP contribution in [0.3, 0.4) is 0 Å². The van der Waals surface area contributed by atoms with Crippen molar-refractivity contribution in [2.75, 3.05) is 13.2 Å². The molecule has 6 heteroatoms. The van der Waals surface area contributed by atoms with Gasteiger partial charge >= 0.3 is 0 Å². The normalized spacial score (nSPS) is 19.9. The predicted molar refractivity (Wildman–Crippen MR) is 148 cm³/mol. The van der Waals surface area contributed by atoms with E-state index in [1.165, 1.54) is 5.57 Å². The van der Waals surface area contributed by atoms with Gasteiger partial charge in [0.2, 0.25) is 0 Å². The molecule has 0 unspecified atom stereocenters. The third kappa shape index (κ3) is 5.42. The van der Waals surface area contributed by atoms with Gasteiger partial charge in [-0.25, -0.2) is 5.01 Å². The van der Waals surface area contributed by atoms with Crippen LogP contribution >= 0.6 is 11.6 Å².